The van der Waals surface area contributed by atoms with Gasteiger partial charge in [-0.15, -0.1) is 0 Å². The molecule has 0 saturated heterocycles. The molecule has 6 nitrogen and oxygen atoms in total. The zero-order chi connectivity index (χ0) is 20.7. The summed E-state index contributed by atoms with van der Waals surface area (Å²) in [6, 6.07) is 14.0. The number of benzene rings is 2. The maximum absolute atomic E-state index is 12.9. The van der Waals surface area contributed by atoms with Crippen molar-refractivity contribution in [2.24, 2.45) is 0 Å². The van der Waals surface area contributed by atoms with E-state index in [0.717, 1.165) is 16.5 Å². The van der Waals surface area contributed by atoms with E-state index in [1.165, 1.54) is 6.92 Å². The third kappa shape index (κ3) is 6.24. The Morgan fingerprint density at radius 2 is 1.89 bits per heavy atom. The van der Waals surface area contributed by atoms with E-state index < -0.39 is 10.1 Å². The Bertz CT molecular complexity index is 918. The molecule has 1 atom stereocenters. The van der Waals surface area contributed by atoms with Crippen molar-refractivity contribution in [1.82, 2.24) is 4.90 Å². The van der Waals surface area contributed by atoms with E-state index in [9.17, 15) is 13.2 Å². The maximum atomic E-state index is 12.9. The number of amides is 2. The van der Waals surface area contributed by atoms with Crippen LogP contribution in [0.15, 0.2) is 53.0 Å². The summed E-state index contributed by atoms with van der Waals surface area (Å²) >= 11 is 3.43. The van der Waals surface area contributed by atoms with Crippen LogP contribution in [0.1, 0.15) is 32.8 Å². The second-order valence-corrected chi connectivity index (χ2v) is 9.09. The van der Waals surface area contributed by atoms with Gasteiger partial charge in [-0.2, -0.15) is 8.42 Å². The van der Waals surface area contributed by atoms with Crippen molar-refractivity contribution in [3.63, 3.8) is 0 Å². The van der Waals surface area contributed by atoms with Gasteiger partial charge in [-0.25, -0.2) is 4.79 Å². The molecule has 28 heavy (non-hydrogen) atoms. The second-order valence-electron chi connectivity index (χ2n) is 6.37. The molecule has 0 fully saturated rings. The smallest absolute Gasteiger partial charge is 0.322 e. The summed E-state index contributed by atoms with van der Waals surface area (Å²) in [6.07, 6.45) is 0.782. The molecule has 0 saturated carbocycles. The monoisotopic (exact) mass is 468 g/mol. The predicted molar refractivity (Wildman–Crippen MR) is 115 cm³/mol. The van der Waals surface area contributed by atoms with Gasteiger partial charge in [0.05, 0.1) is 11.4 Å². The number of nitrogens with zero attached hydrogens (tertiary/aromatic N) is 1. The van der Waals surface area contributed by atoms with E-state index >= 15 is 0 Å². The topological polar surface area (TPSA) is 75.7 Å². The van der Waals surface area contributed by atoms with Gasteiger partial charge in [0.25, 0.3) is 0 Å². The highest BCUT2D eigenvalue weighted by molar-refractivity contribution is 9.10. The lowest BCUT2D eigenvalue weighted by molar-refractivity contribution is 0.187. The summed E-state index contributed by atoms with van der Waals surface area (Å²) in [5, 5.41) is 2.92. The molecule has 0 aliphatic carbocycles. The number of para-hydroxylation sites is 1. The van der Waals surface area contributed by atoms with Crippen LogP contribution in [-0.4, -0.2) is 31.1 Å². The van der Waals surface area contributed by atoms with Crippen LogP contribution in [0.4, 0.5) is 10.5 Å². The van der Waals surface area contributed by atoms with Crippen LogP contribution in [0.25, 0.3) is 0 Å². The Labute approximate surface area is 175 Å². The van der Waals surface area contributed by atoms with Gasteiger partial charge in [0.1, 0.15) is 5.75 Å². The number of rotatable bonds is 8. The highest BCUT2D eigenvalue weighted by Crippen LogP contribution is 2.23. The molecule has 1 unspecified atom stereocenters. The van der Waals surface area contributed by atoms with Crippen molar-refractivity contribution in [3.8, 4) is 5.75 Å². The molecule has 0 aromatic heterocycles. The van der Waals surface area contributed by atoms with E-state index in [1.807, 2.05) is 44.2 Å². The lowest BCUT2D eigenvalue weighted by Crippen LogP contribution is -2.40. The Hall–Kier alpha value is -2.06. The SMILES string of the molecule is CCC(C)N(Cc1cccc(OS(=O)(=O)CC)c1)C(=O)Nc1ccccc1Br. The first kappa shape index (κ1) is 22.2. The van der Waals surface area contributed by atoms with Gasteiger partial charge in [-0.1, -0.05) is 31.2 Å². The van der Waals surface area contributed by atoms with Gasteiger partial charge in [-0.3, -0.25) is 0 Å². The molecule has 0 aliphatic rings. The third-order valence-electron chi connectivity index (χ3n) is 4.33. The molecule has 0 heterocycles. The molecule has 0 aliphatic heterocycles. The van der Waals surface area contributed by atoms with Crippen molar-refractivity contribution >= 4 is 37.8 Å². The molecule has 0 radical (unpaired) electrons. The highest BCUT2D eigenvalue weighted by Gasteiger charge is 2.20. The molecule has 2 aromatic carbocycles. The number of hydrogen-bond acceptors (Lipinski definition) is 4. The Morgan fingerprint density at radius 1 is 1.18 bits per heavy atom. The highest BCUT2D eigenvalue weighted by atomic mass is 79.9. The van der Waals surface area contributed by atoms with Crippen LogP contribution in [0.2, 0.25) is 0 Å². The van der Waals surface area contributed by atoms with Crippen LogP contribution >= 0.6 is 15.9 Å². The number of halogens is 1. The van der Waals surface area contributed by atoms with E-state index in [1.54, 1.807) is 23.1 Å². The van der Waals surface area contributed by atoms with Crippen LogP contribution in [0.3, 0.4) is 0 Å². The number of anilines is 1. The van der Waals surface area contributed by atoms with Crippen LogP contribution < -0.4 is 9.50 Å². The second kappa shape index (κ2) is 9.93. The van der Waals surface area contributed by atoms with Crippen molar-refractivity contribution in [3.05, 3.63) is 58.6 Å². The molecule has 8 heteroatoms. The molecule has 152 valence electrons. The normalized spacial score (nSPS) is 12.3. The van der Waals surface area contributed by atoms with Gasteiger partial charge >= 0.3 is 16.1 Å². The molecule has 2 amide bonds. The quantitative estimate of drug-likeness (QED) is 0.552. The number of nitrogens with one attached hydrogen (secondary N) is 1. The zero-order valence-electron chi connectivity index (χ0n) is 16.2. The number of urea groups is 1. The predicted octanol–water partition coefficient (Wildman–Crippen LogP) is 5.01. The molecule has 1 N–H and O–H groups in total. The van der Waals surface area contributed by atoms with E-state index in [2.05, 4.69) is 21.2 Å². The minimum Gasteiger partial charge on any atom is -0.382 e. The first-order valence-corrected chi connectivity index (χ1v) is 11.5. The first-order chi connectivity index (χ1) is 13.3. The van der Waals surface area contributed by atoms with E-state index in [-0.39, 0.29) is 23.6 Å². The lowest BCUT2D eigenvalue weighted by Gasteiger charge is -2.29. The molecule has 0 bridgehead atoms. The largest absolute Gasteiger partial charge is 0.382 e. The first-order valence-electron chi connectivity index (χ1n) is 9.09. The van der Waals surface area contributed by atoms with Crippen molar-refractivity contribution in [2.45, 2.75) is 39.8 Å². The minimum absolute atomic E-state index is 0.00793. The molecule has 2 rings (SSSR count). The zero-order valence-corrected chi connectivity index (χ0v) is 18.6. The van der Waals surface area contributed by atoms with Crippen LogP contribution in [0, 0.1) is 0 Å². The number of carbonyl (C=O) groups is 1. The average Bonchev–Trinajstić information content (AvgIpc) is 2.67. The van der Waals surface area contributed by atoms with Crippen molar-refractivity contribution in [1.29, 1.82) is 0 Å². The fraction of sp³-hybridized carbons (Fsp3) is 0.350. The van der Waals surface area contributed by atoms with Gasteiger partial charge < -0.3 is 14.4 Å². The Morgan fingerprint density at radius 3 is 2.54 bits per heavy atom. The summed E-state index contributed by atoms with van der Waals surface area (Å²) in [7, 11) is -3.60. The van der Waals surface area contributed by atoms with Gasteiger partial charge in [-0.05, 0) is 66.0 Å². The van der Waals surface area contributed by atoms with Crippen molar-refractivity contribution in [2.75, 3.05) is 11.1 Å². The average molecular weight is 469 g/mol. The van der Waals surface area contributed by atoms with Crippen LogP contribution in [-0.2, 0) is 16.7 Å². The lowest BCUT2D eigenvalue weighted by atomic mass is 10.1. The summed E-state index contributed by atoms with van der Waals surface area (Å²) in [6.45, 7) is 5.84. The van der Waals surface area contributed by atoms with Gasteiger partial charge in [0, 0.05) is 17.1 Å². The molecule has 0 spiro atoms. The number of hydrogen-bond donors (Lipinski definition) is 1. The van der Waals surface area contributed by atoms with Gasteiger partial charge in [0.15, 0.2) is 0 Å². The Kier molecular flexibility index (Phi) is 7.88. The number of carbonyl (C=O) groups excluding carboxylic acids is 1. The standard InChI is InChI=1S/C20H25BrN2O4S/c1-4-15(3)23(20(24)22-19-12-7-6-11-18(19)21)14-16-9-8-10-17(13-16)27-28(25,26)5-2/h6-13,15H,4-5,14H2,1-3H3,(H,22,24). The fourth-order valence-corrected chi connectivity index (χ4v) is 3.39. The molecular weight excluding hydrogens is 444 g/mol. The fourth-order valence-electron chi connectivity index (χ4n) is 2.50. The van der Waals surface area contributed by atoms with Gasteiger partial charge in [0.2, 0.25) is 0 Å². The van der Waals surface area contributed by atoms with Crippen molar-refractivity contribution < 1.29 is 17.4 Å². The summed E-state index contributed by atoms with van der Waals surface area (Å²) in [4.78, 5) is 14.6. The third-order valence-corrected chi connectivity index (χ3v) is 6.17. The van der Waals surface area contributed by atoms with E-state index in [4.69, 9.17) is 4.18 Å². The Balaban J connectivity index is 2.20. The van der Waals surface area contributed by atoms with Crippen LogP contribution in [0.5, 0.6) is 5.75 Å². The summed E-state index contributed by atoms with van der Waals surface area (Å²) in [5.41, 5.74) is 1.47. The maximum Gasteiger partial charge on any atom is 0.322 e. The minimum atomic E-state index is -3.60. The molecule has 2 aromatic rings. The molecular formula is C20H25BrN2O4S. The van der Waals surface area contributed by atoms with E-state index in [0.29, 0.717) is 12.2 Å². The summed E-state index contributed by atoms with van der Waals surface area (Å²) in [5.74, 6) is 0.138. The summed E-state index contributed by atoms with van der Waals surface area (Å²) < 4.78 is 29.3.